The molecule has 2 aromatic heterocycles. The molecule has 3 rings (SSSR count). The number of ether oxygens (including phenoxy) is 1. The third-order valence-electron chi connectivity index (χ3n) is 3.91. The molecule has 0 unspecified atom stereocenters. The Morgan fingerprint density at radius 1 is 1.10 bits per heavy atom. The van der Waals surface area contributed by atoms with Gasteiger partial charge in [-0.2, -0.15) is 5.10 Å². The third kappa shape index (κ3) is 5.04. The van der Waals surface area contributed by atoms with E-state index in [2.05, 4.69) is 20.5 Å². The number of furan rings is 1. The molecule has 0 bridgehead atoms. The van der Waals surface area contributed by atoms with Crippen LogP contribution in [-0.4, -0.2) is 44.2 Å². The fourth-order valence-electron chi connectivity index (χ4n) is 2.42. The third-order valence-corrected chi connectivity index (χ3v) is 5.20. The number of nitrogens with zero attached hydrogens (tertiary/aromatic N) is 2. The molecule has 2 amide bonds. The number of nitrogens with one attached hydrogen (secondary N) is 3. The van der Waals surface area contributed by atoms with E-state index in [4.69, 9.17) is 9.15 Å². The first kappa shape index (κ1) is 21.1. The van der Waals surface area contributed by atoms with E-state index in [9.17, 15) is 18.0 Å². The molecule has 30 heavy (non-hydrogen) atoms. The summed E-state index contributed by atoms with van der Waals surface area (Å²) in [6.07, 6.45) is 2.81. The summed E-state index contributed by atoms with van der Waals surface area (Å²) >= 11 is 0. The lowest BCUT2D eigenvalue weighted by molar-refractivity contribution is -0.116. The zero-order valence-electron chi connectivity index (χ0n) is 16.1. The van der Waals surface area contributed by atoms with Crippen LogP contribution in [0.1, 0.15) is 10.6 Å². The standard InChI is InChI=1S/C18H19N5O6S/c1-19-30(26,27)17-8-7-15(29-17)18(25)22-13-9-20-23(10-13)11-16(24)21-12-3-5-14(28-2)6-4-12/h3-10,19H,11H2,1-2H3,(H,21,24)(H,22,25). The Balaban J connectivity index is 1.58. The fraction of sp³-hybridized carbons (Fsp3) is 0.167. The lowest BCUT2D eigenvalue weighted by Gasteiger charge is -2.06. The highest BCUT2D eigenvalue weighted by Crippen LogP contribution is 2.16. The second kappa shape index (κ2) is 8.80. The normalized spacial score (nSPS) is 11.1. The number of carbonyl (C=O) groups is 2. The monoisotopic (exact) mass is 433 g/mol. The molecule has 0 saturated carbocycles. The molecule has 0 aliphatic rings. The van der Waals surface area contributed by atoms with Crippen molar-refractivity contribution in [3.63, 3.8) is 0 Å². The first-order chi connectivity index (χ1) is 14.3. The van der Waals surface area contributed by atoms with Crippen LogP contribution in [0.4, 0.5) is 11.4 Å². The molecule has 0 atom stereocenters. The predicted octanol–water partition coefficient (Wildman–Crippen LogP) is 1.28. The first-order valence-electron chi connectivity index (χ1n) is 8.62. The van der Waals surface area contributed by atoms with E-state index in [1.807, 2.05) is 0 Å². The van der Waals surface area contributed by atoms with Crippen molar-refractivity contribution in [2.24, 2.45) is 0 Å². The lowest BCUT2D eigenvalue weighted by Crippen LogP contribution is -2.19. The van der Waals surface area contributed by atoms with Crippen molar-refractivity contribution >= 4 is 33.2 Å². The second-order valence-electron chi connectivity index (χ2n) is 5.98. The Hall–Kier alpha value is -3.64. The molecular formula is C18H19N5O6S. The molecule has 0 spiro atoms. The van der Waals surface area contributed by atoms with Crippen LogP contribution in [0, 0.1) is 0 Å². The molecule has 3 N–H and O–H groups in total. The topological polar surface area (TPSA) is 145 Å². The Morgan fingerprint density at radius 3 is 2.50 bits per heavy atom. The van der Waals surface area contributed by atoms with Crippen molar-refractivity contribution in [2.45, 2.75) is 11.6 Å². The van der Waals surface area contributed by atoms with Crippen LogP contribution < -0.4 is 20.1 Å². The highest BCUT2D eigenvalue weighted by Gasteiger charge is 2.20. The molecule has 158 valence electrons. The van der Waals surface area contributed by atoms with Crippen LogP contribution >= 0.6 is 0 Å². The van der Waals surface area contributed by atoms with Gasteiger partial charge in [0.2, 0.25) is 11.0 Å². The number of anilines is 2. The second-order valence-corrected chi connectivity index (χ2v) is 7.80. The van der Waals surface area contributed by atoms with Crippen molar-refractivity contribution in [3.8, 4) is 5.75 Å². The van der Waals surface area contributed by atoms with E-state index in [1.165, 1.54) is 36.3 Å². The Kier molecular flexibility index (Phi) is 6.18. The van der Waals surface area contributed by atoms with Gasteiger partial charge in [0.05, 0.1) is 19.0 Å². The van der Waals surface area contributed by atoms with E-state index in [0.29, 0.717) is 17.1 Å². The molecule has 11 nitrogen and oxygen atoms in total. The number of sulfonamides is 1. The van der Waals surface area contributed by atoms with Gasteiger partial charge in [0, 0.05) is 11.9 Å². The maximum Gasteiger partial charge on any atom is 0.291 e. The van der Waals surface area contributed by atoms with Gasteiger partial charge in [0.25, 0.3) is 15.9 Å². The number of hydrogen-bond acceptors (Lipinski definition) is 7. The molecule has 0 aliphatic carbocycles. The van der Waals surface area contributed by atoms with Crippen molar-refractivity contribution in [1.82, 2.24) is 14.5 Å². The molecule has 12 heteroatoms. The summed E-state index contributed by atoms with van der Waals surface area (Å²) in [5.74, 6) is -0.481. The van der Waals surface area contributed by atoms with Gasteiger partial charge in [-0.05, 0) is 43.4 Å². The summed E-state index contributed by atoms with van der Waals surface area (Å²) < 4.78 is 36.9. The van der Waals surface area contributed by atoms with Gasteiger partial charge in [-0.1, -0.05) is 0 Å². The maximum absolute atomic E-state index is 12.2. The van der Waals surface area contributed by atoms with E-state index >= 15 is 0 Å². The van der Waals surface area contributed by atoms with E-state index in [0.717, 1.165) is 0 Å². The number of rotatable bonds is 8. The number of aromatic nitrogens is 2. The van der Waals surface area contributed by atoms with Crippen molar-refractivity contribution in [3.05, 3.63) is 54.6 Å². The largest absolute Gasteiger partial charge is 0.497 e. The maximum atomic E-state index is 12.2. The van der Waals surface area contributed by atoms with Crippen LogP contribution in [0.3, 0.4) is 0 Å². The van der Waals surface area contributed by atoms with Crippen LogP contribution in [0.15, 0.2) is 58.3 Å². The van der Waals surface area contributed by atoms with Gasteiger partial charge < -0.3 is 19.8 Å². The van der Waals surface area contributed by atoms with Crippen LogP contribution in [0.5, 0.6) is 5.75 Å². The smallest absolute Gasteiger partial charge is 0.291 e. The Morgan fingerprint density at radius 2 is 1.83 bits per heavy atom. The lowest BCUT2D eigenvalue weighted by atomic mass is 10.3. The zero-order chi connectivity index (χ0) is 21.7. The molecule has 0 aliphatic heterocycles. The molecule has 3 aromatic rings. The summed E-state index contributed by atoms with van der Waals surface area (Å²) in [4.78, 5) is 24.4. The molecule has 1 aromatic carbocycles. The highest BCUT2D eigenvalue weighted by atomic mass is 32.2. The number of carbonyl (C=O) groups excluding carboxylic acids is 2. The average molecular weight is 433 g/mol. The van der Waals surface area contributed by atoms with Crippen LogP contribution in [-0.2, 0) is 21.4 Å². The summed E-state index contributed by atoms with van der Waals surface area (Å²) in [7, 11) is -1.00. The quantitative estimate of drug-likeness (QED) is 0.485. The molecule has 0 fully saturated rings. The van der Waals surface area contributed by atoms with Crippen LogP contribution in [0.25, 0.3) is 0 Å². The number of benzene rings is 1. The minimum atomic E-state index is -3.79. The summed E-state index contributed by atoms with van der Waals surface area (Å²) in [6, 6.07) is 9.27. The average Bonchev–Trinajstić information content (AvgIpc) is 3.39. The molecule has 2 heterocycles. The number of methoxy groups -OCH3 is 1. The van der Waals surface area contributed by atoms with E-state index in [-0.39, 0.29) is 23.3 Å². The van der Waals surface area contributed by atoms with Gasteiger partial charge >= 0.3 is 0 Å². The molecule has 0 radical (unpaired) electrons. The fourth-order valence-corrected chi connectivity index (χ4v) is 3.06. The first-order valence-corrected chi connectivity index (χ1v) is 10.1. The van der Waals surface area contributed by atoms with Gasteiger partial charge in [0.15, 0.2) is 5.76 Å². The van der Waals surface area contributed by atoms with Gasteiger partial charge in [0.1, 0.15) is 12.3 Å². The van der Waals surface area contributed by atoms with Gasteiger partial charge in [-0.15, -0.1) is 0 Å². The van der Waals surface area contributed by atoms with Crippen molar-refractivity contribution in [2.75, 3.05) is 24.8 Å². The SMILES string of the molecule is CNS(=O)(=O)c1ccc(C(=O)Nc2cnn(CC(=O)Nc3ccc(OC)cc3)c2)o1. The minimum Gasteiger partial charge on any atom is -0.497 e. The predicted molar refractivity (Wildman–Crippen MR) is 107 cm³/mol. The van der Waals surface area contributed by atoms with Crippen molar-refractivity contribution in [1.29, 1.82) is 0 Å². The summed E-state index contributed by atoms with van der Waals surface area (Å²) in [5.41, 5.74) is 0.915. The summed E-state index contributed by atoms with van der Waals surface area (Å²) in [5, 5.41) is 8.88. The summed E-state index contributed by atoms with van der Waals surface area (Å²) in [6.45, 7) is -0.0762. The van der Waals surface area contributed by atoms with Gasteiger partial charge in [-0.3, -0.25) is 14.3 Å². The zero-order valence-corrected chi connectivity index (χ0v) is 16.9. The van der Waals surface area contributed by atoms with Gasteiger partial charge in [-0.25, -0.2) is 13.1 Å². The van der Waals surface area contributed by atoms with E-state index in [1.54, 1.807) is 31.4 Å². The van der Waals surface area contributed by atoms with Crippen molar-refractivity contribution < 1.29 is 27.2 Å². The minimum absolute atomic E-state index is 0.0762. The van der Waals surface area contributed by atoms with E-state index < -0.39 is 15.9 Å². The number of amides is 2. The Labute approximate surface area is 172 Å². The molecular weight excluding hydrogens is 414 g/mol. The highest BCUT2D eigenvalue weighted by molar-refractivity contribution is 7.89. The van der Waals surface area contributed by atoms with Crippen LogP contribution in [0.2, 0.25) is 0 Å². The molecule has 0 saturated heterocycles. The number of hydrogen-bond donors (Lipinski definition) is 3. The Bertz CT molecular complexity index is 1150.